The normalized spacial score (nSPS) is 26.3. The molecule has 0 aliphatic carbocycles. The summed E-state index contributed by atoms with van der Waals surface area (Å²) in [6.45, 7) is 2.32. The molecule has 2 aliphatic heterocycles. The summed E-state index contributed by atoms with van der Waals surface area (Å²) in [5, 5.41) is 3.46. The average molecular weight is 260 g/mol. The van der Waals surface area contributed by atoms with Crippen LogP contribution >= 0.6 is 0 Å². The molecule has 3 rings (SSSR count). The Bertz CT molecular complexity index is 502. The van der Waals surface area contributed by atoms with Gasteiger partial charge in [-0.1, -0.05) is 6.07 Å². The average Bonchev–Trinajstić information content (AvgIpc) is 2.95. The molecule has 5 heteroatoms. The Morgan fingerprint density at radius 3 is 2.95 bits per heavy atom. The lowest BCUT2D eigenvalue weighted by molar-refractivity contribution is 0.100. The topological polar surface area (TPSA) is 84.4 Å². The molecule has 1 aromatic rings. The molecule has 5 nitrogen and oxygen atoms in total. The number of nitrogens with one attached hydrogen (secondary N) is 1. The molecule has 2 fully saturated rings. The lowest BCUT2D eigenvalue weighted by atomic mass is 10.0. The number of nitrogens with two attached hydrogens (primary N) is 2. The van der Waals surface area contributed by atoms with E-state index in [-0.39, 0.29) is 0 Å². The molecule has 0 saturated carbocycles. The number of fused-ring (bicyclic) bond motifs is 1. The number of carbonyl (C=O) groups is 1. The smallest absolute Gasteiger partial charge is 0.250 e. The predicted octanol–water partition coefficient (Wildman–Crippen LogP) is 1.02. The van der Waals surface area contributed by atoms with E-state index >= 15 is 0 Å². The van der Waals surface area contributed by atoms with Gasteiger partial charge >= 0.3 is 0 Å². The molecular weight excluding hydrogens is 240 g/mol. The summed E-state index contributed by atoms with van der Waals surface area (Å²) >= 11 is 0. The van der Waals surface area contributed by atoms with Crippen LogP contribution in [0.15, 0.2) is 18.2 Å². The highest BCUT2D eigenvalue weighted by Gasteiger charge is 2.37. The van der Waals surface area contributed by atoms with Crippen molar-refractivity contribution in [3.8, 4) is 0 Å². The van der Waals surface area contributed by atoms with Crippen LogP contribution in [0.3, 0.4) is 0 Å². The van der Waals surface area contributed by atoms with Gasteiger partial charge in [0.1, 0.15) is 0 Å². The molecule has 0 bridgehead atoms. The van der Waals surface area contributed by atoms with Crippen molar-refractivity contribution in [2.75, 3.05) is 24.1 Å². The number of para-hydroxylation sites is 1. The van der Waals surface area contributed by atoms with Crippen molar-refractivity contribution in [2.45, 2.75) is 31.3 Å². The molecule has 5 N–H and O–H groups in total. The molecular formula is C14H20N4O. The van der Waals surface area contributed by atoms with Crippen LogP contribution in [0.25, 0.3) is 0 Å². The summed E-state index contributed by atoms with van der Waals surface area (Å²) < 4.78 is 0. The maximum Gasteiger partial charge on any atom is 0.250 e. The molecule has 0 aromatic heterocycles. The van der Waals surface area contributed by atoms with E-state index in [1.54, 1.807) is 18.2 Å². The van der Waals surface area contributed by atoms with Gasteiger partial charge in [0.2, 0.25) is 0 Å². The van der Waals surface area contributed by atoms with E-state index in [2.05, 4.69) is 10.2 Å². The predicted molar refractivity (Wildman–Crippen MR) is 76.0 cm³/mol. The monoisotopic (exact) mass is 260 g/mol. The minimum absolute atomic E-state index is 0.366. The highest BCUT2D eigenvalue weighted by atomic mass is 16.1. The first-order chi connectivity index (χ1) is 9.16. The van der Waals surface area contributed by atoms with Crippen molar-refractivity contribution in [1.82, 2.24) is 4.90 Å². The third-order valence-corrected chi connectivity index (χ3v) is 4.30. The highest BCUT2D eigenvalue weighted by molar-refractivity contribution is 6.01. The molecule has 2 unspecified atom stereocenters. The number of hydrogen-bond donors (Lipinski definition) is 3. The summed E-state index contributed by atoms with van der Waals surface area (Å²) in [6.07, 6.45) is 3.57. The Kier molecular flexibility index (Phi) is 3.06. The molecule has 2 atom stereocenters. The fourth-order valence-corrected chi connectivity index (χ4v) is 3.37. The van der Waals surface area contributed by atoms with Crippen molar-refractivity contribution >= 4 is 17.3 Å². The number of anilines is 2. The van der Waals surface area contributed by atoms with Crippen LogP contribution in [0.2, 0.25) is 0 Å². The van der Waals surface area contributed by atoms with Crippen LogP contribution in [0, 0.1) is 0 Å². The minimum atomic E-state index is -0.434. The molecule has 0 spiro atoms. The Hall–Kier alpha value is -1.75. The van der Waals surface area contributed by atoms with Crippen LogP contribution in [0.5, 0.6) is 0 Å². The maximum absolute atomic E-state index is 11.5. The molecule has 0 radical (unpaired) electrons. The Morgan fingerprint density at radius 2 is 2.16 bits per heavy atom. The molecule has 102 valence electrons. The number of benzene rings is 1. The van der Waals surface area contributed by atoms with Crippen molar-refractivity contribution in [3.05, 3.63) is 23.8 Å². The van der Waals surface area contributed by atoms with Gasteiger partial charge in [0, 0.05) is 18.6 Å². The lowest BCUT2D eigenvalue weighted by Crippen LogP contribution is -2.34. The number of rotatable bonds is 3. The van der Waals surface area contributed by atoms with Crippen molar-refractivity contribution in [2.24, 2.45) is 5.73 Å². The van der Waals surface area contributed by atoms with E-state index in [1.165, 1.54) is 19.4 Å². The van der Waals surface area contributed by atoms with E-state index < -0.39 is 5.91 Å². The Labute approximate surface area is 112 Å². The molecule has 2 saturated heterocycles. The van der Waals surface area contributed by atoms with Crippen LogP contribution in [-0.2, 0) is 0 Å². The van der Waals surface area contributed by atoms with E-state index in [1.807, 2.05) is 0 Å². The van der Waals surface area contributed by atoms with Crippen LogP contribution in [0.4, 0.5) is 11.4 Å². The quantitative estimate of drug-likeness (QED) is 0.708. The molecule has 1 aromatic carbocycles. The number of hydrogen-bond acceptors (Lipinski definition) is 4. The highest BCUT2D eigenvalue weighted by Crippen LogP contribution is 2.32. The molecule has 1 amide bonds. The van der Waals surface area contributed by atoms with Crippen LogP contribution in [0.1, 0.15) is 29.6 Å². The zero-order valence-electron chi connectivity index (χ0n) is 10.9. The van der Waals surface area contributed by atoms with E-state index in [4.69, 9.17) is 11.5 Å². The zero-order chi connectivity index (χ0) is 13.4. The standard InChI is InChI=1S/C14H20N4O/c15-10-4-1-3-9(14(16)19)13(10)17-11-6-8-18-7-2-5-12(11)18/h1,3-4,11-12,17H,2,5-8,15H2,(H2,16,19). The van der Waals surface area contributed by atoms with E-state index in [0.717, 1.165) is 13.0 Å². The van der Waals surface area contributed by atoms with Gasteiger partial charge in [-0.05, 0) is 37.9 Å². The summed E-state index contributed by atoms with van der Waals surface area (Å²) in [5.74, 6) is -0.434. The van der Waals surface area contributed by atoms with Crippen molar-refractivity contribution in [1.29, 1.82) is 0 Å². The second-order valence-corrected chi connectivity index (χ2v) is 5.42. The van der Waals surface area contributed by atoms with Gasteiger partial charge in [0.25, 0.3) is 5.91 Å². The summed E-state index contributed by atoms with van der Waals surface area (Å²) in [5.41, 5.74) is 13.2. The van der Waals surface area contributed by atoms with Crippen LogP contribution < -0.4 is 16.8 Å². The van der Waals surface area contributed by atoms with Gasteiger partial charge in [-0.2, -0.15) is 0 Å². The fraction of sp³-hybridized carbons (Fsp3) is 0.500. The first-order valence-electron chi connectivity index (χ1n) is 6.85. The van der Waals surface area contributed by atoms with E-state index in [9.17, 15) is 4.79 Å². The minimum Gasteiger partial charge on any atom is -0.397 e. The maximum atomic E-state index is 11.5. The Balaban J connectivity index is 1.85. The van der Waals surface area contributed by atoms with Crippen molar-refractivity contribution < 1.29 is 4.79 Å². The number of nitrogens with zero attached hydrogens (tertiary/aromatic N) is 1. The second kappa shape index (κ2) is 4.74. The third kappa shape index (κ3) is 2.14. The number of primary amides is 1. The van der Waals surface area contributed by atoms with Crippen LogP contribution in [-0.4, -0.2) is 36.0 Å². The van der Waals surface area contributed by atoms with Gasteiger partial charge in [0.05, 0.1) is 16.9 Å². The van der Waals surface area contributed by atoms with Gasteiger partial charge in [-0.3, -0.25) is 9.69 Å². The third-order valence-electron chi connectivity index (χ3n) is 4.30. The summed E-state index contributed by atoms with van der Waals surface area (Å²) in [6, 6.07) is 6.22. The lowest BCUT2D eigenvalue weighted by Gasteiger charge is -2.24. The molecule has 19 heavy (non-hydrogen) atoms. The number of amides is 1. The molecule has 2 aliphatic rings. The largest absolute Gasteiger partial charge is 0.397 e. The van der Waals surface area contributed by atoms with Gasteiger partial charge in [-0.15, -0.1) is 0 Å². The number of nitrogen functional groups attached to an aromatic ring is 1. The summed E-state index contributed by atoms with van der Waals surface area (Å²) in [4.78, 5) is 14.0. The van der Waals surface area contributed by atoms with Crippen molar-refractivity contribution in [3.63, 3.8) is 0 Å². The zero-order valence-corrected chi connectivity index (χ0v) is 10.9. The first-order valence-corrected chi connectivity index (χ1v) is 6.85. The first kappa shape index (κ1) is 12.3. The Morgan fingerprint density at radius 1 is 1.32 bits per heavy atom. The van der Waals surface area contributed by atoms with Gasteiger partial charge in [0.15, 0.2) is 0 Å². The molecule has 2 heterocycles. The summed E-state index contributed by atoms with van der Waals surface area (Å²) in [7, 11) is 0. The van der Waals surface area contributed by atoms with E-state index in [0.29, 0.717) is 29.0 Å². The fourth-order valence-electron chi connectivity index (χ4n) is 3.37. The second-order valence-electron chi connectivity index (χ2n) is 5.42. The SMILES string of the molecule is NC(=O)c1cccc(N)c1NC1CCN2CCCC12. The number of carbonyl (C=O) groups excluding carboxylic acids is 1. The van der Waals surface area contributed by atoms with Gasteiger partial charge < -0.3 is 16.8 Å². The van der Waals surface area contributed by atoms with Gasteiger partial charge in [-0.25, -0.2) is 0 Å².